The Kier molecular flexibility index (Phi) is 6.26. The summed E-state index contributed by atoms with van der Waals surface area (Å²) in [7, 11) is 3.10. The van der Waals surface area contributed by atoms with E-state index in [1.165, 1.54) is 7.11 Å². The molecule has 3 rings (SSSR count). The van der Waals surface area contributed by atoms with Crippen LogP contribution in [0.25, 0.3) is 0 Å². The summed E-state index contributed by atoms with van der Waals surface area (Å²) in [5, 5.41) is 2.87. The summed E-state index contributed by atoms with van der Waals surface area (Å²) in [4.78, 5) is 33.0. The molecule has 156 valence electrons. The number of aryl methyl sites for hydroxylation is 2. The Labute approximate surface area is 169 Å². The van der Waals surface area contributed by atoms with Gasteiger partial charge in [-0.15, -0.1) is 0 Å². The summed E-state index contributed by atoms with van der Waals surface area (Å²) in [6.45, 7) is 5.40. The number of carbonyl (C=O) groups excluding carboxylic acids is 2. The maximum Gasteiger partial charge on any atom is 0.322 e. The molecule has 0 atom stereocenters. The van der Waals surface area contributed by atoms with Gasteiger partial charge in [-0.1, -0.05) is 0 Å². The molecule has 0 bridgehead atoms. The van der Waals surface area contributed by atoms with Crippen LogP contribution in [-0.2, 0) is 0 Å². The number of methoxy groups -OCH3 is 2. The molecule has 1 fully saturated rings. The summed E-state index contributed by atoms with van der Waals surface area (Å²) in [6.07, 6.45) is 0.672. The van der Waals surface area contributed by atoms with Crippen molar-refractivity contribution in [3.05, 3.63) is 35.5 Å². The van der Waals surface area contributed by atoms with Crippen LogP contribution < -0.4 is 14.8 Å². The van der Waals surface area contributed by atoms with Crippen LogP contribution in [-0.4, -0.2) is 67.1 Å². The van der Waals surface area contributed by atoms with E-state index in [1.54, 1.807) is 49.0 Å². The van der Waals surface area contributed by atoms with Crippen molar-refractivity contribution in [2.24, 2.45) is 0 Å². The number of nitrogens with zero attached hydrogens (tertiary/aromatic N) is 3. The number of hydrogen-bond acceptors (Lipinski definition) is 6. The standard InChI is InChI=1S/C20H26N4O5/c1-13-18(29-14(2)21-13)19(25)23-8-5-9-24(11-10-23)20(26)22-16-7-6-15(27-3)12-17(16)28-4/h6-7,12H,5,8-11H2,1-4H3,(H,22,26). The Morgan fingerprint density at radius 3 is 2.45 bits per heavy atom. The number of aromatic nitrogens is 1. The number of benzene rings is 1. The zero-order chi connectivity index (χ0) is 21.0. The molecular formula is C20H26N4O5. The van der Waals surface area contributed by atoms with Gasteiger partial charge in [0.05, 0.1) is 25.6 Å². The predicted octanol–water partition coefficient (Wildman–Crippen LogP) is 2.69. The Bertz CT molecular complexity index is 895. The van der Waals surface area contributed by atoms with Gasteiger partial charge in [0.25, 0.3) is 5.91 Å². The zero-order valence-corrected chi connectivity index (χ0v) is 17.2. The molecule has 29 heavy (non-hydrogen) atoms. The summed E-state index contributed by atoms with van der Waals surface area (Å²) in [5.41, 5.74) is 1.14. The number of carbonyl (C=O) groups is 2. The number of anilines is 1. The van der Waals surface area contributed by atoms with Gasteiger partial charge >= 0.3 is 6.03 Å². The van der Waals surface area contributed by atoms with E-state index in [2.05, 4.69) is 10.3 Å². The van der Waals surface area contributed by atoms with E-state index in [-0.39, 0.29) is 17.7 Å². The molecule has 3 amide bonds. The quantitative estimate of drug-likeness (QED) is 0.845. The van der Waals surface area contributed by atoms with E-state index in [4.69, 9.17) is 13.9 Å². The normalized spacial score (nSPS) is 14.3. The average Bonchev–Trinajstić information content (AvgIpc) is 2.91. The van der Waals surface area contributed by atoms with Crippen LogP contribution in [0.2, 0.25) is 0 Å². The highest BCUT2D eigenvalue weighted by atomic mass is 16.5. The topological polar surface area (TPSA) is 97.1 Å². The van der Waals surface area contributed by atoms with E-state index in [9.17, 15) is 9.59 Å². The third-order valence-corrected chi connectivity index (χ3v) is 4.82. The molecule has 1 N–H and O–H groups in total. The molecule has 0 radical (unpaired) electrons. The van der Waals surface area contributed by atoms with Crippen molar-refractivity contribution in [1.29, 1.82) is 0 Å². The summed E-state index contributed by atoms with van der Waals surface area (Å²) < 4.78 is 16.0. The molecule has 1 aromatic carbocycles. The van der Waals surface area contributed by atoms with Crippen LogP contribution >= 0.6 is 0 Å². The molecule has 2 aromatic rings. The largest absolute Gasteiger partial charge is 0.497 e. The molecule has 1 aromatic heterocycles. The number of hydrogen-bond donors (Lipinski definition) is 1. The fourth-order valence-corrected chi connectivity index (χ4v) is 3.29. The minimum absolute atomic E-state index is 0.192. The van der Waals surface area contributed by atoms with Gasteiger partial charge < -0.3 is 29.0 Å². The maximum absolute atomic E-state index is 12.7. The molecule has 0 aliphatic carbocycles. The van der Waals surface area contributed by atoms with Crippen molar-refractivity contribution < 1.29 is 23.5 Å². The Hall–Kier alpha value is -3.23. The Morgan fingerprint density at radius 1 is 1.07 bits per heavy atom. The van der Waals surface area contributed by atoms with Crippen LogP contribution in [0.1, 0.15) is 28.6 Å². The molecule has 1 aliphatic heterocycles. The van der Waals surface area contributed by atoms with Gasteiger partial charge in [0, 0.05) is 39.2 Å². The number of ether oxygens (including phenoxy) is 2. The van der Waals surface area contributed by atoms with Crippen molar-refractivity contribution in [3.63, 3.8) is 0 Å². The third kappa shape index (κ3) is 4.61. The predicted molar refractivity (Wildman–Crippen MR) is 107 cm³/mol. The lowest BCUT2D eigenvalue weighted by Gasteiger charge is -2.22. The van der Waals surface area contributed by atoms with Crippen molar-refractivity contribution in [2.45, 2.75) is 20.3 Å². The van der Waals surface area contributed by atoms with Crippen molar-refractivity contribution >= 4 is 17.6 Å². The third-order valence-electron chi connectivity index (χ3n) is 4.82. The first-order valence-electron chi connectivity index (χ1n) is 9.44. The lowest BCUT2D eigenvalue weighted by atomic mass is 10.2. The van der Waals surface area contributed by atoms with E-state index in [0.717, 1.165) is 0 Å². The van der Waals surface area contributed by atoms with E-state index < -0.39 is 0 Å². The van der Waals surface area contributed by atoms with Crippen molar-refractivity contribution in [3.8, 4) is 11.5 Å². The lowest BCUT2D eigenvalue weighted by Crippen LogP contribution is -2.39. The summed E-state index contributed by atoms with van der Waals surface area (Å²) >= 11 is 0. The van der Waals surface area contributed by atoms with Crippen LogP contribution in [0.5, 0.6) is 11.5 Å². The van der Waals surface area contributed by atoms with Crippen molar-refractivity contribution in [2.75, 3.05) is 45.7 Å². The van der Waals surface area contributed by atoms with Crippen LogP contribution in [0.4, 0.5) is 10.5 Å². The van der Waals surface area contributed by atoms with E-state index >= 15 is 0 Å². The highest BCUT2D eigenvalue weighted by Gasteiger charge is 2.26. The van der Waals surface area contributed by atoms with Gasteiger partial charge in [-0.2, -0.15) is 0 Å². The maximum atomic E-state index is 12.7. The molecular weight excluding hydrogens is 376 g/mol. The van der Waals surface area contributed by atoms with Gasteiger partial charge in [-0.3, -0.25) is 4.79 Å². The lowest BCUT2D eigenvalue weighted by molar-refractivity contribution is 0.0728. The smallest absolute Gasteiger partial charge is 0.322 e. The highest BCUT2D eigenvalue weighted by Crippen LogP contribution is 2.29. The van der Waals surface area contributed by atoms with Gasteiger partial charge in [-0.05, 0) is 25.5 Å². The number of rotatable bonds is 4. The number of nitrogens with one attached hydrogen (secondary N) is 1. The van der Waals surface area contributed by atoms with Crippen LogP contribution in [0.15, 0.2) is 22.6 Å². The van der Waals surface area contributed by atoms with E-state index in [1.807, 2.05) is 0 Å². The molecule has 0 saturated carbocycles. The second-order valence-corrected chi connectivity index (χ2v) is 6.78. The molecule has 1 aliphatic rings. The van der Waals surface area contributed by atoms with Gasteiger partial charge in [0.15, 0.2) is 5.89 Å². The molecule has 1 saturated heterocycles. The van der Waals surface area contributed by atoms with E-state index in [0.29, 0.717) is 61.4 Å². The number of urea groups is 1. The Balaban J connectivity index is 1.64. The highest BCUT2D eigenvalue weighted by molar-refractivity contribution is 5.93. The fourth-order valence-electron chi connectivity index (χ4n) is 3.29. The number of oxazole rings is 1. The zero-order valence-electron chi connectivity index (χ0n) is 17.2. The monoisotopic (exact) mass is 402 g/mol. The first-order valence-corrected chi connectivity index (χ1v) is 9.44. The first-order chi connectivity index (χ1) is 13.9. The molecule has 9 heteroatoms. The summed E-state index contributed by atoms with van der Waals surface area (Å²) in [6, 6.07) is 4.95. The van der Waals surface area contributed by atoms with Gasteiger partial charge in [0.2, 0.25) is 5.76 Å². The van der Waals surface area contributed by atoms with Gasteiger partial charge in [0.1, 0.15) is 11.5 Å². The molecule has 0 unspecified atom stereocenters. The van der Waals surface area contributed by atoms with Crippen molar-refractivity contribution in [1.82, 2.24) is 14.8 Å². The van der Waals surface area contributed by atoms with Crippen LogP contribution in [0, 0.1) is 13.8 Å². The first kappa shape index (κ1) is 20.5. The minimum atomic E-state index is -0.241. The minimum Gasteiger partial charge on any atom is -0.497 e. The SMILES string of the molecule is COc1ccc(NC(=O)N2CCCN(C(=O)c3oc(C)nc3C)CC2)c(OC)c1. The second kappa shape index (κ2) is 8.85. The fraction of sp³-hybridized carbons (Fsp3) is 0.450. The second-order valence-electron chi connectivity index (χ2n) is 6.78. The van der Waals surface area contributed by atoms with Crippen LogP contribution in [0.3, 0.4) is 0 Å². The number of amides is 3. The average molecular weight is 402 g/mol. The molecule has 9 nitrogen and oxygen atoms in total. The molecule has 2 heterocycles. The summed E-state index contributed by atoms with van der Waals surface area (Å²) in [5.74, 6) is 1.70. The molecule has 0 spiro atoms. The van der Waals surface area contributed by atoms with Gasteiger partial charge in [-0.25, -0.2) is 9.78 Å². The Morgan fingerprint density at radius 2 is 1.79 bits per heavy atom.